The van der Waals surface area contributed by atoms with Gasteiger partial charge >= 0.3 is 0 Å². The average molecular weight is 300 g/mol. The van der Waals surface area contributed by atoms with Crippen molar-refractivity contribution >= 4 is 34.6 Å². The second-order valence-electron chi connectivity index (χ2n) is 5.33. The van der Waals surface area contributed by atoms with E-state index in [9.17, 15) is 9.18 Å². The molecule has 1 amide bonds. The summed E-state index contributed by atoms with van der Waals surface area (Å²) >= 11 is 1.64. The first-order chi connectivity index (χ1) is 10.2. The summed E-state index contributed by atoms with van der Waals surface area (Å²) in [6.07, 6.45) is 6.27. The van der Waals surface area contributed by atoms with Crippen LogP contribution in [0.2, 0.25) is 0 Å². The molecule has 0 saturated carbocycles. The van der Waals surface area contributed by atoms with Gasteiger partial charge in [-0.2, -0.15) is 0 Å². The van der Waals surface area contributed by atoms with Crippen molar-refractivity contribution < 1.29 is 9.18 Å². The summed E-state index contributed by atoms with van der Waals surface area (Å²) < 4.78 is 13.4. The predicted molar refractivity (Wildman–Crippen MR) is 81.7 cm³/mol. The van der Waals surface area contributed by atoms with E-state index < -0.39 is 0 Å². The first-order valence-corrected chi connectivity index (χ1v) is 7.84. The van der Waals surface area contributed by atoms with Crippen molar-refractivity contribution in [1.29, 1.82) is 0 Å². The molecular formula is C16H13FN2OS. The van der Waals surface area contributed by atoms with Gasteiger partial charge in [0.2, 0.25) is 0 Å². The van der Waals surface area contributed by atoms with Crippen LogP contribution in [0.25, 0.3) is 11.6 Å². The summed E-state index contributed by atoms with van der Waals surface area (Å²) in [7, 11) is 0. The standard InChI is InChI=1S/C16H13FN2OS/c17-9-5-6-12-10(7-9)11(16(20)19-12)8-15-18-13-3-1-2-4-14(13)21-15/h5-8H,1-4H2,(H,19,20). The topological polar surface area (TPSA) is 42.0 Å². The zero-order valence-corrected chi connectivity index (χ0v) is 12.1. The lowest BCUT2D eigenvalue weighted by Gasteiger charge is -2.06. The van der Waals surface area contributed by atoms with Crippen LogP contribution >= 0.6 is 11.3 Å². The molecule has 0 unspecified atom stereocenters. The van der Waals surface area contributed by atoms with E-state index in [1.54, 1.807) is 23.5 Å². The Balaban J connectivity index is 1.78. The minimum Gasteiger partial charge on any atom is -0.321 e. The third kappa shape index (κ3) is 2.17. The average Bonchev–Trinajstić information content (AvgIpc) is 3.01. The van der Waals surface area contributed by atoms with Gasteiger partial charge in [0.1, 0.15) is 10.8 Å². The van der Waals surface area contributed by atoms with E-state index in [1.807, 2.05) is 0 Å². The number of rotatable bonds is 1. The van der Waals surface area contributed by atoms with E-state index in [1.165, 1.54) is 29.9 Å². The Hall–Kier alpha value is -2.01. The number of amides is 1. The van der Waals surface area contributed by atoms with E-state index in [-0.39, 0.29) is 11.7 Å². The first-order valence-electron chi connectivity index (χ1n) is 7.02. The van der Waals surface area contributed by atoms with Crippen molar-refractivity contribution in [3.05, 3.63) is 45.2 Å². The van der Waals surface area contributed by atoms with Crippen molar-refractivity contribution in [2.24, 2.45) is 0 Å². The fourth-order valence-corrected chi connectivity index (χ4v) is 3.96. The van der Waals surface area contributed by atoms with Gasteiger partial charge in [0.25, 0.3) is 5.91 Å². The number of benzene rings is 1. The number of aryl methyl sites for hydroxylation is 2. The monoisotopic (exact) mass is 300 g/mol. The minimum absolute atomic E-state index is 0.191. The van der Waals surface area contributed by atoms with Crippen LogP contribution in [0.15, 0.2) is 18.2 Å². The van der Waals surface area contributed by atoms with Crippen LogP contribution in [0.5, 0.6) is 0 Å². The van der Waals surface area contributed by atoms with Crippen molar-refractivity contribution in [3.63, 3.8) is 0 Å². The van der Waals surface area contributed by atoms with Crippen LogP contribution in [0.4, 0.5) is 10.1 Å². The van der Waals surface area contributed by atoms with Gasteiger partial charge in [-0.25, -0.2) is 9.37 Å². The Morgan fingerprint density at radius 2 is 2.14 bits per heavy atom. The number of aromatic nitrogens is 1. The first kappa shape index (κ1) is 12.7. The number of halogens is 1. The van der Waals surface area contributed by atoms with E-state index in [0.29, 0.717) is 16.8 Å². The molecule has 106 valence electrons. The zero-order valence-electron chi connectivity index (χ0n) is 11.3. The molecule has 3 nitrogen and oxygen atoms in total. The molecule has 0 saturated heterocycles. The summed E-state index contributed by atoms with van der Waals surface area (Å²) in [6, 6.07) is 4.34. The van der Waals surface area contributed by atoms with Crippen molar-refractivity contribution in [3.8, 4) is 0 Å². The number of nitrogens with one attached hydrogen (secondary N) is 1. The molecule has 0 bridgehead atoms. The van der Waals surface area contributed by atoms with Crippen LogP contribution in [0.1, 0.15) is 34.0 Å². The molecule has 0 atom stereocenters. The molecular weight excluding hydrogens is 287 g/mol. The number of carbonyl (C=O) groups excluding carboxylic acids is 1. The predicted octanol–water partition coefficient (Wildman–Crippen LogP) is 3.65. The van der Waals surface area contributed by atoms with Crippen LogP contribution < -0.4 is 5.32 Å². The highest BCUT2D eigenvalue weighted by Crippen LogP contribution is 2.35. The Morgan fingerprint density at radius 1 is 1.29 bits per heavy atom. The molecule has 21 heavy (non-hydrogen) atoms. The molecule has 0 radical (unpaired) electrons. The third-order valence-corrected chi connectivity index (χ3v) is 5.00. The molecule has 2 aromatic rings. The molecule has 5 heteroatoms. The fraction of sp³-hybridized carbons (Fsp3) is 0.250. The Bertz CT molecular complexity index is 755. The number of thiazole rings is 1. The van der Waals surface area contributed by atoms with E-state index in [2.05, 4.69) is 10.3 Å². The molecule has 1 aromatic heterocycles. The summed E-state index contributed by atoms with van der Waals surface area (Å²) in [5, 5.41) is 3.60. The second-order valence-corrected chi connectivity index (χ2v) is 6.45. The van der Waals surface area contributed by atoms with Crippen LogP contribution in [-0.2, 0) is 17.6 Å². The lowest BCUT2D eigenvalue weighted by Crippen LogP contribution is -2.03. The van der Waals surface area contributed by atoms with Gasteiger partial charge in [-0.05, 0) is 50.0 Å². The molecule has 4 rings (SSSR count). The van der Waals surface area contributed by atoms with Gasteiger partial charge in [-0.1, -0.05) is 0 Å². The molecule has 2 heterocycles. The summed E-state index contributed by atoms with van der Waals surface area (Å²) in [4.78, 5) is 18.0. The van der Waals surface area contributed by atoms with E-state index in [0.717, 1.165) is 23.5 Å². The van der Waals surface area contributed by atoms with Gasteiger partial charge in [0.15, 0.2) is 0 Å². The van der Waals surface area contributed by atoms with Gasteiger partial charge in [0, 0.05) is 16.1 Å². The molecule has 2 aliphatic rings. The lowest BCUT2D eigenvalue weighted by atomic mass is 10.0. The van der Waals surface area contributed by atoms with E-state index in [4.69, 9.17) is 0 Å². The van der Waals surface area contributed by atoms with Gasteiger partial charge in [-0.15, -0.1) is 11.3 Å². The fourth-order valence-electron chi connectivity index (χ4n) is 2.86. The van der Waals surface area contributed by atoms with Crippen molar-refractivity contribution in [2.75, 3.05) is 5.32 Å². The number of nitrogens with zero attached hydrogens (tertiary/aromatic N) is 1. The maximum absolute atomic E-state index is 13.4. The lowest BCUT2D eigenvalue weighted by molar-refractivity contribution is -0.110. The summed E-state index contributed by atoms with van der Waals surface area (Å²) in [5.41, 5.74) is 2.94. The number of hydrogen-bond acceptors (Lipinski definition) is 3. The highest BCUT2D eigenvalue weighted by molar-refractivity contribution is 7.12. The Morgan fingerprint density at radius 3 is 3.00 bits per heavy atom. The van der Waals surface area contributed by atoms with Crippen LogP contribution in [0, 0.1) is 5.82 Å². The number of carbonyl (C=O) groups is 1. The molecule has 1 aliphatic carbocycles. The molecule has 1 aliphatic heterocycles. The SMILES string of the molecule is O=C1Nc2ccc(F)cc2C1=Cc1nc2c(s1)CCCC2. The van der Waals surface area contributed by atoms with Crippen molar-refractivity contribution in [2.45, 2.75) is 25.7 Å². The highest BCUT2D eigenvalue weighted by atomic mass is 32.1. The molecule has 0 fully saturated rings. The second kappa shape index (κ2) is 4.77. The normalized spacial score (nSPS) is 18.5. The summed E-state index contributed by atoms with van der Waals surface area (Å²) in [5.74, 6) is -0.529. The van der Waals surface area contributed by atoms with Crippen LogP contribution in [0.3, 0.4) is 0 Å². The molecule has 0 spiro atoms. The minimum atomic E-state index is -0.338. The quantitative estimate of drug-likeness (QED) is 0.817. The number of anilines is 1. The van der Waals surface area contributed by atoms with Crippen LogP contribution in [-0.4, -0.2) is 10.9 Å². The molecule has 1 aromatic carbocycles. The third-order valence-electron chi connectivity index (χ3n) is 3.89. The Labute approximate surface area is 125 Å². The zero-order chi connectivity index (χ0) is 14.4. The van der Waals surface area contributed by atoms with Gasteiger partial charge in [-0.3, -0.25) is 4.79 Å². The van der Waals surface area contributed by atoms with E-state index >= 15 is 0 Å². The largest absolute Gasteiger partial charge is 0.321 e. The van der Waals surface area contributed by atoms with Gasteiger partial charge in [0.05, 0.1) is 11.3 Å². The maximum atomic E-state index is 13.4. The van der Waals surface area contributed by atoms with Gasteiger partial charge < -0.3 is 5.32 Å². The smallest absolute Gasteiger partial charge is 0.256 e. The number of hydrogen-bond donors (Lipinski definition) is 1. The summed E-state index contributed by atoms with van der Waals surface area (Å²) in [6.45, 7) is 0. The highest BCUT2D eigenvalue weighted by Gasteiger charge is 2.25. The number of fused-ring (bicyclic) bond motifs is 2. The Kier molecular flexibility index (Phi) is 2.89. The van der Waals surface area contributed by atoms with Crippen molar-refractivity contribution in [1.82, 2.24) is 4.98 Å². The molecule has 1 N–H and O–H groups in total. The maximum Gasteiger partial charge on any atom is 0.256 e.